The molecule has 0 spiro atoms. The number of hydrogen-bond acceptors (Lipinski definition) is 2. The summed E-state index contributed by atoms with van der Waals surface area (Å²) in [4.78, 5) is 0. The molecule has 0 atom stereocenters. The van der Waals surface area contributed by atoms with Gasteiger partial charge in [0.2, 0.25) is 0 Å². The van der Waals surface area contributed by atoms with Gasteiger partial charge in [-0.3, -0.25) is 0 Å². The molecule has 2 nitrogen and oxygen atoms in total. The Bertz CT molecular complexity index is 842. The van der Waals surface area contributed by atoms with Gasteiger partial charge in [-0.2, -0.15) is 5.26 Å². The summed E-state index contributed by atoms with van der Waals surface area (Å²) in [7, 11) is 0. The van der Waals surface area contributed by atoms with Crippen LogP contribution in [0, 0.1) is 17.2 Å². The van der Waals surface area contributed by atoms with Crippen LogP contribution in [0.4, 0.5) is 0 Å². The maximum absolute atomic E-state index is 9.64. The molecule has 2 aromatic carbocycles. The van der Waals surface area contributed by atoms with Gasteiger partial charge in [-0.15, -0.1) is 0 Å². The molecule has 0 bridgehead atoms. The van der Waals surface area contributed by atoms with Crippen LogP contribution in [0.1, 0.15) is 108 Å². The third-order valence-corrected chi connectivity index (χ3v) is 7.21. The van der Waals surface area contributed by atoms with E-state index in [1.54, 1.807) is 0 Å². The normalized spacial score (nSPS) is 14.2. The summed E-state index contributed by atoms with van der Waals surface area (Å²) in [5, 5.41) is 9.64. The Morgan fingerprint density at radius 3 is 2.18 bits per heavy atom. The van der Waals surface area contributed by atoms with E-state index in [9.17, 15) is 5.26 Å². The van der Waals surface area contributed by atoms with Gasteiger partial charge in [-0.1, -0.05) is 114 Å². The quantitative estimate of drug-likeness (QED) is 0.271. The molecule has 178 valence electrons. The van der Waals surface area contributed by atoms with Gasteiger partial charge in [0.1, 0.15) is 11.8 Å². The fourth-order valence-electron chi connectivity index (χ4n) is 5.05. The van der Waals surface area contributed by atoms with Crippen molar-refractivity contribution in [3.8, 4) is 22.9 Å². The highest BCUT2D eigenvalue weighted by Crippen LogP contribution is 2.29. The number of benzene rings is 2. The van der Waals surface area contributed by atoms with Crippen molar-refractivity contribution in [3.05, 3.63) is 53.6 Å². The Morgan fingerprint density at radius 2 is 1.48 bits per heavy atom. The summed E-state index contributed by atoms with van der Waals surface area (Å²) < 4.78 is 5.95. The lowest BCUT2D eigenvalue weighted by Gasteiger charge is -2.21. The van der Waals surface area contributed by atoms with Gasteiger partial charge in [-0.05, 0) is 54.0 Å². The van der Waals surface area contributed by atoms with E-state index in [2.05, 4.69) is 43.3 Å². The average molecular weight is 446 g/mol. The van der Waals surface area contributed by atoms with Crippen LogP contribution >= 0.6 is 0 Å². The highest BCUT2D eigenvalue weighted by molar-refractivity contribution is 5.67. The average Bonchev–Trinajstić information content (AvgIpc) is 2.87. The summed E-state index contributed by atoms with van der Waals surface area (Å²) in [6, 6.07) is 17.3. The van der Waals surface area contributed by atoms with Gasteiger partial charge >= 0.3 is 0 Å². The minimum absolute atomic E-state index is 0.633. The Labute approximate surface area is 202 Å². The summed E-state index contributed by atoms with van der Waals surface area (Å²) in [5.74, 6) is 1.64. The number of rotatable bonds is 14. The van der Waals surface area contributed by atoms with Crippen LogP contribution in [0.3, 0.4) is 0 Å². The molecule has 1 aliphatic carbocycles. The van der Waals surface area contributed by atoms with Crippen LogP contribution < -0.4 is 4.74 Å². The number of unbranched alkanes of at least 4 members (excludes halogenated alkanes) is 7. The lowest BCUT2D eigenvalue weighted by molar-refractivity contribution is 0.303. The zero-order valence-electron chi connectivity index (χ0n) is 20.8. The Hall–Kier alpha value is -2.27. The van der Waals surface area contributed by atoms with Crippen LogP contribution in [-0.4, -0.2) is 6.61 Å². The number of nitriles is 1. The predicted molar refractivity (Wildman–Crippen MR) is 140 cm³/mol. The fourth-order valence-corrected chi connectivity index (χ4v) is 5.05. The summed E-state index contributed by atoms with van der Waals surface area (Å²) in [6.45, 7) is 2.95. The maximum atomic E-state index is 9.64. The van der Waals surface area contributed by atoms with Gasteiger partial charge in [0.25, 0.3) is 0 Å². The molecule has 0 amide bonds. The summed E-state index contributed by atoms with van der Waals surface area (Å²) in [6.07, 6.45) is 19.9. The van der Waals surface area contributed by atoms with E-state index in [0.29, 0.717) is 17.9 Å². The second-order valence-corrected chi connectivity index (χ2v) is 9.89. The first-order valence-electron chi connectivity index (χ1n) is 13.6. The van der Waals surface area contributed by atoms with Gasteiger partial charge in [0, 0.05) is 0 Å². The molecule has 1 aliphatic rings. The van der Waals surface area contributed by atoms with Crippen molar-refractivity contribution in [2.75, 3.05) is 6.61 Å². The molecule has 0 N–H and O–H groups in total. The van der Waals surface area contributed by atoms with Crippen LogP contribution in [-0.2, 0) is 6.42 Å². The molecule has 1 saturated carbocycles. The van der Waals surface area contributed by atoms with Crippen molar-refractivity contribution < 1.29 is 4.74 Å². The van der Waals surface area contributed by atoms with Gasteiger partial charge in [-0.25, -0.2) is 0 Å². The number of aryl methyl sites for hydroxylation is 1. The molecular formula is C31H43NO. The first kappa shape index (κ1) is 25.4. The van der Waals surface area contributed by atoms with Crippen molar-refractivity contribution in [1.82, 2.24) is 0 Å². The van der Waals surface area contributed by atoms with Gasteiger partial charge in [0.15, 0.2) is 0 Å². The monoisotopic (exact) mass is 445 g/mol. The number of nitrogens with zero attached hydrogens (tertiary/aromatic N) is 1. The van der Waals surface area contributed by atoms with Crippen molar-refractivity contribution in [3.63, 3.8) is 0 Å². The Kier molecular flexibility index (Phi) is 11.4. The van der Waals surface area contributed by atoms with Crippen molar-refractivity contribution in [2.45, 2.75) is 103 Å². The first-order chi connectivity index (χ1) is 16.3. The van der Waals surface area contributed by atoms with Crippen LogP contribution in [0.5, 0.6) is 5.75 Å². The first-order valence-corrected chi connectivity index (χ1v) is 13.6. The van der Waals surface area contributed by atoms with Crippen LogP contribution in [0.15, 0.2) is 42.5 Å². The standard InChI is InChI=1S/C31H43NO/c1-2-3-4-5-6-7-8-12-23-33-31-22-21-29(24-30(31)25-32)28-19-17-27(18-20-28)16-15-26-13-10-9-11-14-26/h17-22,24,26H,2-16,23H2,1H3. The van der Waals surface area contributed by atoms with E-state index in [4.69, 9.17) is 4.74 Å². The summed E-state index contributed by atoms with van der Waals surface area (Å²) in [5.41, 5.74) is 4.32. The Morgan fingerprint density at radius 1 is 0.818 bits per heavy atom. The van der Waals surface area contributed by atoms with E-state index in [1.165, 1.54) is 101 Å². The third kappa shape index (κ3) is 8.88. The lowest BCUT2D eigenvalue weighted by Crippen LogP contribution is -2.07. The van der Waals surface area contributed by atoms with Crippen molar-refractivity contribution in [2.24, 2.45) is 5.92 Å². The molecule has 2 aromatic rings. The maximum Gasteiger partial charge on any atom is 0.137 e. The molecule has 33 heavy (non-hydrogen) atoms. The lowest BCUT2D eigenvalue weighted by atomic mass is 9.85. The minimum Gasteiger partial charge on any atom is -0.492 e. The largest absolute Gasteiger partial charge is 0.492 e. The fraction of sp³-hybridized carbons (Fsp3) is 0.581. The molecule has 3 rings (SSSR count). The van der Waals surface area contributed by atoms with E-state index in [-0.39, 0.29) is 0 Å². The van der Waals surface area contributed by atoms with Crippen LogP contribution in [0.2, 0.25) is 0 Å². The predicted octanol–water partition coefficient (Wildman–Crippen LogP) is 9.26. The minimum atomic E-state index is 0.633. The molecule has 0 radical (unpaired) electrons. The zero-order chi connectivity index (χ0) is 23.1. The molecule has 0 unspecified atom stereocenters. The van der Waals surface area contributed by atoms with Gasteiger partial charge < -0.3 is 4.74 Å². The van der Waals surface area contributed by atoms with Gasteiger partial charge in [0.05, 0.1) is 12.2 Å². The number of hydrogen-bond donors (Lipinski definition) is 0. The molecule has 0 aliphatic heterocycles. The second kappa shape index (κ2) is 14.8. The SMILES string of the molecule is CCCCCCCCCCOc1ccc(-c2ccc(CCC3CCCCC3)cc2)cc1C#N. The topological polar surface area (TPSA) is 33.0 Å². The molecule has 0 aromatic heterocycles. The summed E-state index contributed by atoms with van der Waals surface area (Å²) >= 11 is 0. The smallest absolute Gasteiger partial charge is 0.137 e. The molecule has 1 fully saturated rings. The van der Waals surface area contributed by atoms with Crippen molar-refractivity contribution in [1.29, 1.82) is 5.26 Å². The zero-order valence-corrected chi connectivity index (χ0v) is 20.8. The highest BCUT2D eigenvalue weighted by Gasteiger charge is 2.13. The molecule has 0 heterocycles. The van der Waals surface area contributed by atoms with Crippen LogP contribution in [0.25, 0.3) is 11.1 Å². The number of ether oxygens (including phenoxy) is 1. The van der Waals surface area contributed by atoms with E-state index in [0.717, 1.165) is 17.9 Å². The van der Waals surface area contributed by atoms with E-state index >= 15 is 0 Å². The second-order valence-electron chi connectivity index (χ2n) is 9.89. The van der Waals surface area contributed by atoms with E-state index in [1.807, 2.05) is 12.1 Å². The van der Waals surface area contributed by atoms with E-state index < -0.39 is 0 Å². The third-order valence-electron chi connectivity index (χ3n) is 7.21. The van der Waals surface area contributed by atoms with Crippen molar-refractivity contribution >= 4 is 0 Å². The highest BCUT2D eigenvalue weighted by atomic mass is 16.5. The Balaban J connectivity index is 1.44. The molecule has 0 saturated heterocycles. The molecule has 2 heteroatoms. The molecular weight excluding hydrogens is 402 g/mol.